The molecule has 3 nitrogen and oxygen atoms in total. The molecule has 1 fully saturated rings. The molecule has 1 atom stereocenters. The van der Waals surface area contributed by atoms with Crippen molar-refractivity contribution in [1.29, 1.82) is 0 Å². The molecule has 0 unspecified atom stereocenters. The summed E-state index contributed by atoms with van der Waals surface area (Å²) in [5.74, 6) is -0.266. The normalized spacial score (nSPS) is 18.9. The quantitative estimate of drug-likeness (QED) is 0.804. The van der Waals surface area contributed by atoms with Crippen LogP contribution in [0.25, 0.3) is 0 Å². The van der Waals surface area contributed by atoms with Crippen LogP contribution in [-0.2, 0) is 11.3 Å². The molecule has 6 heteroatoms. The average molecular weight is 367 g/mol. The van der Waals surface area contributed by atoms with Crippen LogP contribution in [0.5, 0.6) is 0 Å². The first-order valence-electron chi connectivity index (χ1n) is 7.70. The van der Waals surface area contributed by atoms with Crippen molar-refractivity contribution in [1.82, 2.24) is 4.90 Å². The fourth-order valence-electron chi connectivity index (χ4n) is 2.89. The predicted molar refractivity (Wildman–Crippen MR) is 95.1 cm³/mol. The number of benzene rings is 2. The molecule has 2 aromatic rings. The Labute approximate surface area is 150 Å². The van der Waals surface area contributed by atoms with Crippen molar-refractivity contribution in [3.8, 4) is 0 Å². The molecule has 1 aliphatic heterocycles. The molecule has 0 aliphatic carbocycles. The summed E-state index contributed by atoms with van der Waals surface area (Å²) in [6.07, 6.45) is 0. The lowest BCUT2D eigenvalue weighted by molar-refractivity contribution is -0.125. The minimum absolute atomic E-state index is 0.00687. The highest BCUT2D eigenvalue weighted by Crippen LogP contribution is 2.31. The third kappa shape index (κ3) is 3.56. The van der Waals surface area contributed by atoms with Gasteiger partial charge in [0, 0.05) is 24.7 Å². The van der Waals surface area contributed by atoms with Gasteiger partial charge in [0.2, 0.25) is 5.91 Å². The van der Waals surface area contributed by atoms with Crippen molar-refractivity contribution in [2.75, 3.05) is 18.0 Å². The van der Waals surface area contributed by atoms with E-state index in [-0.39, 0.29) is 17.8 Å². The molecule has 0 N–H and O–H groups in total. The molecule has 0 spiro atoms. The van der Waals surface area contributed by atoms with E-state index in [0.29, 0.717) is 35.4 Å². The molecule has 0 bridgehead atoms. The third-order valence-electron chi connectivity index (χ3n) is 4.28. The lowest BCUT2D eigenvalue weighted by Gasteiger charge is -2.39. The van der Waals surface area contributed by atoms with Crippen LogP contribution < -0.4 is 4.90 Å². The molecule has 3 rings (SSSR count). The summed E-state index contributed by atoms with van der Waals surface area (Å²) in [5, 5.41) is 1.01. The van der Waals surface area contributed by atoms with Gasteiger partial charge in [0.25, 0.3) is 0 Å². The van der Waals surface area contributed by atoms with Gasteiger partial charge in [-0.25, -0.2) is 4.39 Å². The van der Waals surface area contributed by atoms with Gasteiger partial charge in [0.15, 0.2) is 0 Å². The Morgan fingerprint density at radius 2 is 1.83 bits per heavy atom. The van der Waals surface area contributed by atoms with Crippen LogP contribution in [0.4, 0.5) is 10.1 Å². The van der Waals surface area contributed by atoms with Crippen molar-refractivity contribution in [3.63, 3.8) is 0 Å². The molecule has 1 saturated heterocycles. The highest BCUT2D eigenvalue weighted by atomic mass is 35.5. The second-order valence-electron chi connectivity index (χ2n) is 5.86. The molecule has 24 heavy (non-hydrogen) atoms. The van der Waals surface area contributed by atoms with E-state index in [2.05, 4.69) is 4.90 Å². The number of piperazine rings is 1. The number of carbonyl (C=O) groups excluding carboxylic acids is 1. The Morgan fingerprint density at radius 3 is 2.50 bits per heavy atom. The van der Waals surface area contributed by atoms with E-state index in [9.17, 15) is 9.18 Å². The van der Waals surface area contributed by atoms with E-state index in [4.69, 9.17) is 23.2 Å². The zero-order chi connectivity index (χ0) is 17.3. The van der Waals surface area contributed by atoms with Crippen LogP contribution in [0, 0.1) is 5.82 Å². The molecule has 126 valence electrons. The number of carbonyl (C=O) groups is 1. The van der Waals surface area contributed by atoms with Gasteiger partial charge < -0.3 is 4.90 Å². The number of hydrogen-bond donors (Lipinski definition) is 0. The lowest BCUT2D eigenvalue weighted by atomic mass is 10.1. The summed E-state index contributed by atoms with van der Waals surface area (Å²) < 4.78 is 13.0. The van der Waals surface area contributed by atoms with Crippen LogP contribution in [-0.4, -0.2) is 29.9 Å². The van der Waals surface area contributed by atoms with Crippen LogP contribution in [0.3, 0.4) is 0 Å². The fourth-order valence-corrected chi connectivity index (χ4v) is 3.40. The van der Waals surface area contributed by atoms with Gasteiger partial charge in [-0.1, -0.05) is 35.3 Å². The summed E-state index contributed by atoms with van der Waals surface area (Å²) in [5.41, 5.74) is 1.66. The summed E-state index contributed by atoms with van der Waals surface area (Å²) in [6, 6.07) is 11.2. The largest absolute Gasteiger partial charge is 0.308 e. The van der Waals surface area contributed by atoms with Crippen molar-refractivity contribution in [3.05, 3.63) is 63.9 Å². The van der Waals surface area contributed by atoms with Gasteiger partial charge in [-0.05, 0) is 42.8 Å². The Balaban J connectivity index is 1.74. The smallest absolute Gasteiger partial charge is 0.244 e. The summed E-state index contributed by atoms with van der Waals surface area (Å²) in [4.78, 5) is 16.5. The van der Waals surface area contributed by atoms with Crippen LogP contribution in [0.2, 0.25) is 10.0 Å². The second kappa shape index (κ2) is 7.09. The Morgan fingerprint density at radius 1 is 1.12 bits per heavy atom. The maximum Gasteiger partial charge on any atom is 0.244 e. The number of halogens is 3. The van der Waals surface area contributed by atoms with E-state index in [1.807, 2.05) is 6.92 Å². The molecule has 0 aromatic heterocycles. The zero-order valence-corrected chi connectivity index (χ0v) is 14.7. The van der Waals surface area contributed by atoms with Gasteiger partial charge in [-0.3, -0.25) is 9.69 Å². The topological polar surface area (TPSA) is 23.6 Å². The molecule has 1 aliphatic rings. The molecule has 0 radical (unpaired) electrons. The van der Waals surface area contributed by atoms with Gasteiger partial charge >= 0.3 is 0 Å². The van der Waals surface area contributed by atoms with Crippen molar-refractivity contribution in [2.45, 2.75) is 19.5 Å². The summed E-state index contributed by atoms with van der Waals surface area (Å²) in [7, 11) is 0. The highest BCUT2D eigenvalue weighted by Gasteiger charge is 2.33. The van der Waals surface area contributed by atoms with Crippen LogP contribution in [0.1, 0.15) is 12.5 Å². The molecular formula is C18H17Cl2FN2O. The molecule has 1 heterocycles. The monoisotopic (exact) mass is 366 g/mol. The number of hydrogen-bond acceptors (Lipinski definition) is 2. The van der Waals surface area contributed by atoms with Crippen molar-refractivity contribution in [2.24, 2.45) is 0 Å². The Hall–Kier alpha value is -1.62. The summed E-state index contributed by atoms with van der Waals surface area (Å²) >= 11 is 12.2. The number of nitrogens with zero attached hydrogens (tertiary/aromatic N) is 2. The minimum atomic E-state index is -0.282. The average Bonchev–Trinajstić information content (AvgIpc) is 2.55. The maximum atomic E-state index is 13.0. The minimum Gasteiger partial charge on any atom is -0.308 e. The number of amides is 1. The Kier molecular flexibility index (Phi) is 5.09. The van der Waals surface area contributed by atoms with E-state index >= 15 is 0 Å². The van der Waals surface area contributed by atoms with Gasteiger partial charge in [0.05, 0.1) is 16.8 Å². The zero-order valence-electron chi connectivity index (χ0n) is 13.2. The SMILES string of the molecule is C[C@H]1C(=O)N(c2ccc(Cl)cc2Cl)CCN1Cc1ccc(F)cc1. The van der Waals surface area contributed by atoms with Gasteiger partial charge in [0.1, 0.15) is 5.82 Å². The third-order valence-corrected chi connectivity index (χ3v) is 4.82. The molecular weight excluding hydrogens is 350 g/mol. The first-order chi connectivity index (χ1) is 11.5. The van der Waals surface area contributed by atoms with E-state index in [1.165, 1.54) is 12.1 Å². The first-order valence-corrected chi connectivity index (χ1v) is 8.46. The van der Waals surface area contributed by atoms with Gasteiger partial charge in [-0.15, -0.1) is 0 Å². The molecule has 2 aromatic carbocycles. The van der Waals surface area contributed by atoms with Crippen molar-refractivity contribution >= 4 is 34.8 Å². The van der Waals surface area contributed by atoms with Crippen LogP contribution in [0.15, 0.2) is 42.5 Å². The number of rotatable bonds is 3. The van der Waals surface area contributed by atoms with E-state index < -0.39 is 0 Å². The van der Waals surface area contributed by atoms with Crippen molar-refractivity contribution < 1.29 is 9.18 Å². The maximum absolute atomic E-state index is 13.0. The molecule has 0 saturated carbocycles. The predicted octanol–water partition coefficient (Wildman–Crippen LogP) is 4.37. The first kappa shape index (κ1) is 17.2. The number of anilines is 1. The van der Waals surface area contributed by atoms with Gasteiger partial charge in [-0.2, -0.15) is 0 Å². The fraction of sp³-hybridized carbons (Fsp3) is 0.278. The van der Waals surface area contributed by atoms with E-state index in [0.717, 1.165) is 5.56 Å². The summed E-state index contributed by atoms with van der Waals surface area (Å²) in [6.45, 7) is 3.74. The van der Waals surface area contributed by atoms with Crippen LogP contribution >= 0.6 is 23.2 Å². The standard InChI is InChI=1S/C18H17Cl2FN2O/c1-12-18(24)23(17-7-4-14(19)10-16(17)20)9-8-22(12)11-13-2-5-15(21)6-3-13/h2-7,10,12H,8-9,11H2,1H3/t12-/m0/s1. The second-order valence-corrected chi connectivity index (χ2v) is 6.70. The molecule has 1 amide bonds. The lowest BCUT2D eigenvalue weighted by Crippen LogP contribution is -2.55. The Bertz CT molecular complexity index is 751. The van der Waals surface area contributed by atoms with E-state index in [1.54, 1.807) is 35.2 Å². The highest BCUT2D eigenvalue weighted by molar-refractivity contribution is 6.36.